The lowest BCUT2D eigenvalue weighted by Crippen LogP contribution is -2.12. The number of hydrogen-bond acceptors (Lipinski definition) is 3. The van der Waals surface area contributed by atoms with Crippen molar-refractivity contribution in [2.24, 2.45) is 0 Å². The van der Waals surface area contributed by atoms with Crippen LogP contribution < -0.4 is 5.32 Å². The van der Waals surface area contributed by atoms with E-state index in [1.165, 1.54) is 6.33 Å². The first-order chi connectivity index (χ1) is 8.47. The van der Waals surface area contributed by atoms with E-state index >= 15 is 0 Å². The molecule has 0 bridgehead atoms. The third-order valence-electron chi connectivity index (χ3n) is 2.47. The van der Waals surface area contributed by atoms with Crippen molar-refractivity contribution in [2.75, 3.05) is 6.54 Å². The van der Waals surface area contributed by atoms with Gasteiger partial charge in [-0.3, -0.25) is 0 Å². The zero-order chi connectivity index (χ0) is 13.7. The summed E-state index contributed by atoms with van der Waals surface area (Å²) < 4.78 is 1.74. The van der Waals surface area contributed by atoms with Gasteiger partial charge in [-0.05, 0) is 38.0 Å². The molecule has 1 heterocycles. The van der Waals surface area contributed by atoms with Gasteiger partial charge in [-0.2, -0.15) is 5.10 Å². The van der Waals surface area contributed by atoms with Crippen LogP contribution in [-0.2, 0) is 0 Å². The summed E-state index contributed by atoms with van der Waals surface area (Å²) in [6.07, 6.45) is 3.43. The maximum atomic E-state index is 4.18. The van der Waals surface area contributed by atoms with Crippen LogP contribution in [0.25, 0.3) is 5.70 Å². The van der Waals surface area contributed by atoms with E-state index in [1.54, 1.807) is 4.68 Å². The summed E-state index contributed by atoms with van der Waals surface area (Å²) in [5.41, 5.74) is 3.38. The van der Waals surface area contributed by atoms with Crippen LogP contribution in [0.5, 0.6) is 0 Å². The molecule has 0 fully saturated rings. The fourth-order valence-electron chi connectivity index (χ4n) is 1.48. The Kier molecular flexibility index (Phi) is 4.66. The highest BCUT2D eigenvalue weighted by molar-refractivity contribution is 5.66. The molecule has 0 spiro atoms. The van der Waals surface area contributed by atoms with Crippen LogP contribution in [0, 0.1) is 6.92 Å². The fraction of sp³-hybridized carbons (Fsp3) is 0.286. The van der Waals surface area contributed by atoms with Gasteiger partial charge >= 0.3 is 0 Å². The van der Waals surface area contributed by atoms with Crippen molar-refractivity contribution in [1.82, 2.24) is 20.1 Å². The van der Waals surface area contributed by atoms with Crippen molar-refractivity contribution in [1.29, 1.82) is 0 Å². The summed E-state index contributed by atoms with van der Waals surface area (Å²) in [6.45, 7) is 18.5. The standard InChI is InChI=1S/C14H20N4/c1-7-15-12(5)11(4)8-14(10(2)3)18-13(6)16-9-17-18/h8-9,15H,2,4-5,7H2,1,3,6H3/b14-8-. The van der Waals surface area contributed by atoms with E-state index in [0.717, 1.165) is 34.9 Å². The van der Waals surface area contributed by atoms with E-state index in [1.807, 2.05) is 26.8 Å². The molecule has 18 heavy (non-hydrogen) atoms. The number of allylic oxidation sites excluding steroid dienone is 3. The van der Waals surface area contributed by atoms with Gasteiger partial charge in [0.1, 0.15) is 12.2 Å². The molecule has 0 aromatic carbocycles. The van der Waals surface area contributed by atoms with E-state index in [0.29, 0.717) is 0 Å². The van der Waals surface area contributed by atoms with Crippen molar-refractivity contribution in [3.63, 3.8) is 0 Å². The van der Waals surface area contributed by atoms with Gasteiger partial charge < -0.3 is 5.32 Å². The highest BCUT2D eigenvalue weighted by atomic mass is 15.3. The Bertz CT molecular complexity index is 506. The molecule has 4 nitrogen and oxygen atoms in total. The van der Waals surface area contributed by atoms with E-state index in [4.69, 9.17) is 0 Å². The summed E-state index contributed by atoms with van der Waals surface area (Å²) in [4.78, 5) is 4.11. The minimum absolute atomic E-state index is 0.800. The van der Waals surface area contributed by atoms with E-state index in [-0.39, 0.29) is 0 Å². The van der Waals surface area contributed by atoms with Crippen LogP contribution in [0.2, 0.25) is 0 Å². The molecular formula is C14H20N4. The summed E-state index contributed by atoms with van der Waals surface area (Å²) >= 11 is 0. The van der Waals surface area contributed by atoms with Gasteiger partial charge in [-0.15, -0.1) is 0 Å². The number of aromatic nitrogens is 3. The van der Waals surface area contributed by atoms with Crippen LogP contribution in [0.15, 0.2) is 49.0 Å². The Hall–Kier alpha value is -2.10. The Morgan fingerprint density at radius 1 is 1.44 bits per heavy atom. The van der Waals surface area contributed by atoms with E-state index in [2.05, 4.69) is 35.1 Å². The molecule has 0 aliphatic rings. The normalized spacial score (nSPS) is 11.2. The second-order valence-corrected chi connectivity index (χ2v) is 4.06. The average Bonchev–Trinajstić information content (AvgIpc) is 2.71. The third kappa shape index (κ3) is 3.20. The molecule has 0 amide bonds. The summed E-state index contributed by atoms with van der Waals surface area (Å²) in [5.74, 6) is 0.811. The van der Waals surface area contributed by atoms with Crippen molar-refractivity contribution < 1.29 is 0 Å². The maximum absolute atomic E-state index is 4.18. The minimum atomic E-state index is 0.800. The molecule has 0 atom stereocenters. The number of hydrogen-bond donors (Lipinski definition) is 1. The molecular weight excluding hydrogens is 224 g/mol. The molecule has 1 aromatic heterocycles. The maximum Gasteiger partial charge on any atom is 0.138 e. The van der Waals surface area contributed by atoms with Crippen LogP contribution in [0.3, 0.4) is 0 Å². The number of rotatable bonds is 6. The van der Waals surface area contributed by atoms with Crippen LogP contribution >= 0.6 is 0 Å². The second kappa shape index (κ2) is 6.00. The first kappa shape index (κ1) is 14.0. The fourth-order valence-corrected chi connectivity index (χ4v) is 1.48. The first-order valence-corrected chi connectivity index (χ1v) is 5.84. The van der Waals surface area contributed by atoms with Gasteiger partial charge in [-0.1, -0.05) is 19.7 Å². The zero-order valence-electron chi connectivity index (χ0n) is 11.3. The van der Waals surface area contributed by atoms with E-state index < -0.39 is 0 Å². The van der Waals surface area contributed by atoms with Gasteiger partial charge in [0.2, 0.25) is 0 Å². The number of nitrogens with one attached hydrogen (secondary N) is 1. The summed E-state index contributed by atoms with van der Waals surface area (Å²) in [5, 5.41) is 7.32. The topological polar surface area (TPSA) is 42.7 Å². The average molecular weight is 244 g/mol. The van der Waals surface area contributed by atoms with E-state index in [9.17, 15) is 0 Å². The second-order valence-electron chi connectivity index (χ2n) is 4.06. The number of likely N-dealkylation sites (N-methyl/N-ethyl adjacent to an activating group) is 1. The molecule has 0 radical (unpaired) electrons. The van der Waals surface area contributed by atoms with Crippen LogP contribution in [0.4, 0.5) is 0 Å². The predicted octanol–water partition coefficient (Wildman–Crippen LogP) is 2.68. The van der Waals surface area contributed by atoms with Gasteiger partial charge in [0.15, 0.2) is 0 Å². The smallest absolute Gasteiger partial charge is 0.138 e. The molecule has 0 unspecified atom stereocenters. The molecule has 1 rings (SSSR count). The minimum Gasteiger partial charge on any atom is -0.385 e. The number of aryl methyl sites for hydroxylation is 1. The lowest BCUT2D eigenvalue weighted by Gasteiger charge is -2.12. The van der Waals surface area contributed by atoms with Crippen LogP contribution in [0.1, 0.15) is 19.7 Å². The van der Waals surface area contributed by atoms with Crippen molar-refractivity contribution in [3.8, 4) is 0 Å². The van der Waals surface area contributed by atoms with Crippen molar-refractivity contribution in [2.45, 2.75) is 20.8 Å². The van der Waals surface area contributed by atoms with Gasteiger partial charge in [0.25, 0.3) is 0 Å². The molecule has 0 saturated carbocycles. The van der Waals surface area contributed by atoms with Gasteiger partial charge in [0.05, 0.1) is 5.70 Å². The number of nitrogens with zero attached hydrogens (tertiary/aromatic N) is 3. The quantitative estimate of drug-likeness (QED) is 0.782. The Morgan fingerprint density at radius 3 is 2.56 bits per heavy atom. The Balaban J connectivity index is 3.07. The summed E-state index contributed by atoms with van der Waals surface area (Å²) in [7, 11) is 0. The van der Waals surface area contributed by atoms with Crippen molar-refractivity contribution >= 4 is 5.70 Å². The molecule has 4 heteroatoms. The zero-order valence-corrected chi connectivity index (χ0v) is 11.3. The lowest BCUT2D eigenvalue weighted by atomic mass is 10.1. The summed E-state index contributed by atoms with van der Waals surface area (Å²) in [6, 6.07) is 0. The Labute approximate surface area is 108 Å². The molecule has 96 valence electrons. The predicted molar refractivity (Wildman–Crippen MR) is 75.8 cm³/mol. The lowest BCUT2D eigenvalue weighted by molar-refractivity contribution is 0.853. The molecule has 1 N–H and O–H groups in total. The molecule has 0 saturated heterocycles. The van der Waals surface area contributed by atoms with Gasteiger partial charge in [-0.25, -0.2) is 9.67 Å². The van der Waals surface area contributed by atoms with Crippen LogP contribution in [-0.4, -0.2) is 21.3 Å². The monoisotopic (exact) mass is 244 g/mol. The molecule has 0 aliphatic heterocycles. The van der Waals surface area contributed by atoms with Gasteiger partial charge in [0, 0.05) is 12.2 Å². The SMILES string of the molecule is C=C(/C=C(/C(=C)C)n1ncnc1C)C(=C)NCC. The molecule has 0 aliphatic carbocycles. The highest BCUT2D eigenvalue weighted by Gasteiger charge is 2.07. The molecule has 1 aromatic rings. The largest absolute Gasteiger partial charge is 0.385 e. The van der Waals surface area contributed by atoms with Crippen molar-refractivity contribution in [3.05, 3.63) is 54.8 Å². The third-order valence-corrected chi connectivity index (χ3v) is 2.47. The Morgan fingerprint density at radius 2 is 2.11 bits per heavy atom. The first-order valence-electron chi connectivity index (χ1n) is 5.84. The highest BCUT2D eigenvalue weighted by Crippen LogP contribution is 2.18.